The summed E-state index contributed by atoms with van der Waals surface area (Å²) in [5.41, 5.74) is 1.43. The molecule has 1 aromatic carbocycles. The van der Waals surface area contributed by atoms with Crippen molar-refractivity contribution in [2.75, 3.05) is 13.1 Å². The number of carbonyl (C=O) groups is 2. The van der Waals surface area contributed by atoms with E-state index in [1.165, 1.54) is 0 Å². The van der Waals surface area contributed by atoms with E-state index >= 15 is 0 Å². The van der Waals surface area contributed by atoms with Crippen molar-refractivity contribution in [1.82, 2.24) is 14.8 Å². The third-order valence-electron chi connectivity index (χ3n) is 5.84. The smallest absolute Gasteiger partial charge is 0.256 e. The van der Waals surface area contributed by atoms with E-state index in [0.717, 1.165) is 56.1 Å². The number of nitrogens with zero attached hydrogens (tertiary/aromatic N) is 3. The van der Waals surface area contributed by atoms with Crippen molar-refractivity contribution < 1.29 is 9.59 Å². The lowest BCUT2D eigenvalue weighted by Gasteiger charge is -2.37. The van der Waals surface area contributed by atoms with Crippen LogP contribution in [0.15, 0.2) is 36.5 Å². The molecular weight excluding hydrogens is 326 g/mol. The normalized spacial score (nSPS) is 23.4. The lowest BCUT2D eigenvalue weighted by molar-refractivity contribution is -0.130. The summed E-state index contributed by atoms with van der Waals surface area (Å²) in [4.78, 5) is 34.0. The molecule has 2 aromatic rings. The second-order valence-corrected chi connectivity index (χ2v) is 7.36. The summed E-state index contributed by atoms with van der Waals surface area (Å²) < 4.78 is 0. The Morgan fingerprint density at radius 3 is 2.62 bits per heavy atom. The number of amides is 2. The Morgan fingerprint density at radius 1 is 0.962 bits per heavy atom. The Balaban J connectivity index is 1.70. The fraction of sp³-hybridized carbons (Fsp3) is 0.476. The van der Waals surface area contributed by atoms with Crippen LogP contribution in [0.25, 0.3) is 10.9 Å². The second-order valence-electron chi connectivity index (χ2n) is 7.36. The third-order valence-corrected chi connectivity index (χ3v) is 5.84. The monoisotopic (exact) mass is 351 g/mol. The van der Waals surface area contributed by atoms with Crippen LogP contribution in [0, 0.1) is 0 Å². The van der Waals surface area contributed by atoms with Gasteiger partial charge in [-0.15, -0.1) is 0 Å². The predicted molar refractivity (Wildman–Crippen MR) is 101 cm³/mol. The van der Waals surface area contributed by atoms with Gasteiger partial charge >= 0.3 is 0 Å². The number of rotatable bonds is 1. The molecule has 4 rings (SSSR count). The van der Waals surface area contributed by atoms with Crippen LogP contribution in [0.5, 0.6) is 0 Å². The second kappa shape index (κ2) is 7.06. The molecule has 0 spiro atoms. The van der Waals surface area contributed by atoms with Crippen molar-refractivity contribution >= 4 is 22.7 Å². The summed E-state index contributed by atoms with van der Waals surface area (Å²) in [7, 11) is 0. The molecule has 5 heteroatoms. The van der Waals surface area contributed by atoms with Crippen molar-refractivity contribution in [1.29, 1.82) is 0 Å². The lowest BCUT2D eigenvalue weighted by atomic mass is 9.96. The number of aromatic nitrogens is 1. The van der Waals surface area contributed by atoms with Crippen molar-refractivity contribution in [2.24, 2.45) is 0 Å². The average molecular weight is 351 g/mol. The van der Waals surface area contributed by atoms with Crippen LogP contribution in [0.3, 0.4) is 0 Å². The van der Waals surface area contributed by atoms with E-state index in [9.17, 15) is 9.59 Å². The van der Waals surface area contributed by atoms with E-state index in [4.69, 9.17) is 0 Å². The number of hydrogen-bond acceptors (Lipinski definition) is 3. The molecule has 0 saturated carbocycles. The average Bonchev–Trinajstić information content (AvgIpc) is 3.04. The molecule has 1 aromatic heterocycles. The molecule has 0 unspecified atom stereocenters. The number of para-hydroxylation sites is 1. The first-order chi connectivity index (χ1) is 12.7. The summed E-state index contributed by atoms with van der Waals surface area (Å²) in [6.07, 6.45) is 6.85. The fourth-order valence-electron chi connectivity index (χ4n) is 4.60. The Bertz CT molecular complexity index is 830. The molecular formula is C21H25N3O2. The molecule has 2 aliphatic rings. The standard InChI is InChI=1S/C21H25N3O2/c1-15(25)23-14-11-19-18(23)10-3-2-4-13-24(19)21(26)17-9-5-7-16-8-6-12-22-20(16)17/h5-9,12,18-19H,2-4,10-11,13-14H2,1H3/t18-,19+/m1/s1. The van der Waals surface area contributed by atoms with Crippen molar-refractivity contribution in [3.8, 4) is 0 Å². The molecule has 26 heavy (non-hydrogen) atoms. The largest absolute Gasteiger partial charge is 0.338 e. The van der Waals surface area contributed by atoms with Gasteiger partial charge in [0.25, 0.3) is 5.91 Å². The van der Waals surface area contributed by atoms with E-state index in [0.29, 0.717) is 5.56 Å². The van der Waals surface area contributed by atoms with Gasteiger partial charge in [-0.05, 0) is 31.4 Å². The third kappa shape index (κ3) is 2.96. The van der Waals surface area contributed by atoms with Gasteiger partial charge in [0.15, 0.2) is 0 Å². The van der Waals surface area contributed by atoms with E-state index in [1.807, 2.05) is 40.1 Å². The van der Waals surface area contributed by atoms with E-state index < -0.39 is 0 Å². The highest BCUT2D eigenvalue weighted by Crippen LogP contribution is 2.31. The van der Waals surface area contributed by atoms with Gasteiger partial charge in [-0.3, -0.25) is 14.6 Å². The van der Waals surface area contributed by atoms with Crippen molar-refractivity contribution in [2.45, 2.75) is 51.1 Å². The maximum Gasteiger partial charge on any atom is 0.256 e. The molecule has 5 nitrogen and oxygen atoms in total. The Hall–Kier alpha value is -2.43. The van der Waals surface area contributed by atoms with Crippen molar-refractivity contribution in [3.63, 3.8) is 0 Å². The predicted octanol–water partition coefficient (Wildman–Crippen LogP) is 3.24. The van der Waals surface area contributed by atoms with Gasteiger partial charge in [0, 0.05) is 31.6 Å². The lowest BCUT2D eigenvalue weighted by Crippen LogP contribution is -2.50. The highest BCUT2D eigenvalue weighted by atomic mass is 16.2. The summed E-state index contributed by atoms with van der Waals surface area (Å²) in [6.45, 7) is 3.15. The number of likely N-dealkylation sites (tertiary alicyclic amines) is 2. The molecule has 0 radical (unpaired) electrons. The zero-order valence-electron chi connectivity index (χ0n) is 15.2. The zero-order valence-corrected chi connectivity index (χ0v) is 15.2. The molecule has 136 valence electrons. The van der Waals surface area contributed by atoms with Gasteiger partial charge in [-0.25, -0.2) is 0 Å². The first-order valence-corrected chi connectivity index (χ1v) is 9.59. The molecule has 2 aliphatic heterocycles. The molecule has 2 saturated heterocycles. The van der Waals surface area contributed by atoms with Gasteiger partial charge in [-0.1, -0.05) is 31.0 Å². The van der Waals surface area contributed by atoms with Crippen LogP contribution < -0.4 is 0 Å². The maximum absolute atomic E-state index is 13.5. The van der Waals surface area contributed by atoms with Crippen LogP contribution in [0.2, 0.25) is 0 Å². The maximum atomic E-state index is 13.5. The van der Waals surface area contributed by atoms with Crippen LogP contribution in [0.1, 0.15) is 49.4 Å². The Kier molecular flexibility index (Phi) is 4.62. The molecule has 0 N–H and O–H groups in total. The van der Waals surface area contributed by atoms with E-state index in [-0.39, 0.29) is 23.9 Å². The minimum absolute atomic E-state index is 0.0524. The first kappa shape index (κ1) is 17.0. The topological polar surface area (TPSA) is 53.5 Å². The van der Waals surface area contributed by atoms with Crippen LogP contribution >= 0.6 is 0 Å². The quantitative estimate of drug-likeness (QED) is 0.792. The minimum Gasteiger partial charge on any atom is -0.338 e. The van der Waals surface area contributed by atoms with Crippen LogP contribution in [-0.4, -0.2) is 51.8 Å². The number of carbonyl (C=O) groups excluding carboxylic acids is 2. The highest BCUT2D eigenvalue weighted by molar-refractivity contribution is 6.05. The summed E-state index contributed by atoms with van der Waals surface area (Å²) in [5, 5.41) is 0.985. The van der Waals surface area contributed by atoms with Crippen molar-refractivity contribution in [3.05, 3.63) is 42.1 Å². The first-order valence-electron chi connectivity index (χ1n) is 9.59. The number of hydrogen-bond donors (Lipinski definition) is 0. The summed E-state index contributed by atoms with van der Waals surface area (Å²) in [5.74, 6) is 0.175. The zero-order chi connectivity index (χ0) is 18.1. The molecule has 2 fully saturated rings. The van der Waals surface area contributed by atoms with Gasteiger partial charge in [0.1, 0.15) is 0 Å². The van der Waals surface area contributed by atoms with Crippen LogP contribution in [-0.2, 0) is 4.79 Å². The summed E-state index contributed by atoms with van der Waals surface area (Å²) in [6, 6.07) is 9.94. The summed E-state index contributed by atoms with van der Waals surface area (Å²) >= 11 is 0. The van der Waals surface area contributed by atoms with Crippen LogP contribution in [0.4, 0.5) is 0 Å². The minimum atomic E-state index is 0.0524. The number of benzene rings is 1. The highest BCUT2D eigenvalue weighted by Gasteiger charge is 2.41. The van der Waals surface area contributed by atoms with Gasteiger partial charge < -0.3 is 9.80 Å². The Morgan fingerprint density at radius 2 is 1.77 bits per heavy atom. The van der Waals surface area contributed by atoms with Gasteiger partial charge in [-0.2, -0.15) is 0 Å². The molecule has 2 amide bonds. The number of fused-ring (bicyclic) bond motifs is 2. The van der Waals surface area contributed by atoms with Gasteiger partial charge in [0.2, 0.25) is 5.91 Å². The fourth-order valence-corrected chi connectivity index (χ4v) is 4.60. The Labute approximate surface area is 154 Å². The molecule has 3 heterocycles. The SMILES string of the molecule is CC(=O)N1CC[C@H]2[C@H]1CCCCCN2C(=O)c1cccc2cccnc12. The molecule has 0 aliphatic carbocycles. The van der Waals surface area contributed by atoms with E-state index in [2.05, 4.69) is 4.98 Å². The van der Waals surface area contributed by atoms with E-state index in [1.54, 1.807) is 13.1 Å². The molecule has 0 bridgehead atoms. The molecule has 2 atom stereocenters. The van der Waals surface area contributed by atoms with Gasteiger partial charge in [0.05, 0.1) is 23.2 Å². The number of pyridine rings is 1.